The first-order chi connectivity index (χ1) is 14.0. The van der Waals surface area contributed by atoms with Crippen molar-refractivity contribution in [2.24, 2.45) is 0 Å². The quantitative estimate of drug-likeness (QED) is 0.280. The average molecular weight is 410 g/mol. The lowest BCUT2D eigenvalue weighted by Crippen LogP contribution is -2.16. The van der Waals surface area contributed by atoms with Gasteiger partial charge in [0, 0.05) is 29.6 Å². The van der Waals surface area contributed by atoms with Gasteiger partial charge in [0.1, 0.15) is 0 Å². The van der Waals surface area contributed by atoms with Crippen molar-refractivity contribution in [3.63, 3.8) is 0 Å². The second-order valence-corrected chi connectivity index (χ2v) is 7.02. The molecule has 1 aliphatic heterocycles. The zero-order valence-electron chi connectivity index (χ0n) is 15.5. The molecule has 3 aromatic rings. The summed E-state index contributed by atoms with van der Waals surface area (Å²) in [6, 6.07) is 5.91. The van der Waals surface area contributed by atoms with E-state index in [1.54, 1.807) is 0 Å². The molecular formula is C21H19F5N2O. The van der Waals surface area contributed by atoms with Gasteiger partial charge in [-0.25, -0.2) is 13.2 Å². The molecule has 4 rings (SSSR count). The molecule has 0 spiro atoms. The van der Waals surface area contributed by atoms with Crippen LogP contribution >= 0.6 is 0 Å². The minimum atomic E-state index is -2.19. The Morgan fingerprint density at radius 3 is 2.31 bits per heavy atom. The standard InChI is InChI=1S/C21H19F5N2O/c22-16-17(23)19(25)21(20(26)18(16)24)29-10-2-4-11-3-1-5-14-15(11)12-6-8-27-9-7-13(12)28-14/h1,3,5,27-28H,2,4,6-10H2. The van der Waals surface area contributed by atoms with Gasteiger partial charge in [-0.15, -0.1) is 0 Å². The first kappa shape index (κ1) is 19.7. The van der Waals surface area contributed by atoms with Crippen LogP contribution in [0, 0.1) is 29.1 Å². The summed E-state index contributed by atoms with van der Waals surface area (Å²) in [6.45, 7) is 1.62. The van der Waals surface area contributed by atoms with Crippen molar-refractivity contribution in [2.45, 2.75) is 25.7 Å². The molecule has 2 heterocycles. The van der Waals surface area contributed by atoms with Gasteiger partial charge in [-0.3, -0.25) is 0 Å². The summed E-state index contributed by atoms with van der Waals surface area (Å²) in [6.07, 6.45) is 2.71. The number of aryl methyl sites for hydroxylation is 1. The Labute approximate surface area is 163 Å². The number of fused-ring (bicyclic) bond motifs is 3. The van der Waals surface area contributed by atoms with Gasteiger partial charge in [-0.05, 0) is 43.0 Å². The summed E-state index contributed by atoms with van der Waals surface area (Å²) < 4.78 is 71.9. The number of rotatable bonds is 5. The molecule has 1 aliphatic rings. The molecule has 0 saturated carbocycles. The van der Waals surface area contributed by atoms with E-state index in [0.29, 0.717) is 12.8 Å². The third kappa shape index (κ3) is 3.57. The smallest absolute Gasteiger partial charge is 0.206 e. The van der Waals surface area contributed by atoms with E-state index in [-0.39, 0.29) is 6.61 Å². The Balaban J connectivity index is 1.50. The van der Waals surface area contributed by atoms with Crippen LogP contribution in [0.3, 0.4) is 0 Å². The second-order valence-electron chi connectivity index (χ2n) is 7.02. The highest BCUT2D eigenvalue weighted by Gasteiger charge is 2.27. The summed E-state index contributed by atoms with van der Waals surface area (Å²) in [5.74, 6) is -11.3. The molecule has 0 fully saturated rings. The van der Waals surface area contributed by atoms with Crippen molar-refractivity contribution in [3.8, 4) is 5.75 Å². The number of hydrogen-bond donors (Lipinski definition) is 2. The SMILES string of the molecule is Fc1c(F)c(F)c(OCCCc2cccc3[nH]c4c(c23)CCNCC4)c(F)c1F. The van der Waals surface area contributed by atoms with Crippen LogP contribution in [0.2, 0.25) is 0 Å². The fourth-order valence-corrected chi connectivity index (χ4v) is 3.85. The number of ether oxygens (including phenoxy) is 1. The highest BCUT2D eigenvalue weighted by Crippen LogP contribution is 2.30. The van der Waals surface area contributed by atoms with Gasteiger partial charge in [0.25, 0.3) is 0 Å². The van der Waals surface area contributed by atoms with E-state index in [2.05, 4.69) is 10.3 Å². The van der Waals surface area contributed by atoms with E-state index in [1.165, 1.54) is 11.3 Å². The first-order valence-corrected chi connectivity index (χ1v) is 9.45. The van der Waals surface area contributed by atoms with Crippen molar-refractivity contribution in [1.29, 1.82) is 0 Å². The lowest BCUT2D eigenvalue weighted by Gasteiger charge is -2.11. The molecular weight excluding hydrogens is 391 g/mol. The fourth-order valence-electron chi connectivity index (χ4n) is 3.85. The van der Waals surface area contributed by atoms with Crippen LogP contribution in [-0.2, 0) is 19.3 Å². The Morgan fingerprint density at radius 2 is 1.55 bits per heavy atom. The molecule has 3 nitrogen and oxygen atoms in total. The van der Waals surface area contributed by atoms with E-state index in [1.807, 2.05) is 18.2 Å². The Morgan fingerprint density at radius 1 is 0.862 bits per heavy atom. The van der Waals surface area contributed by atoms with Gasteiger partial charge in [0.2, 0.25) is 29.1 Å². The van der Waals surface area contributed by atoms with Crippen LogP contribution in [0.1, 0.15) is 23.2 Å². The number of aromatic nitrogens is 1. The third-order valence-corrected chi connectivity index (χ3v) is 5.21. The predicted octanol–water partition coefficient (Wildman–Crippen LogP) is 4.56. The van der Waals surface area contributed by atoms with Crippen LogP contribution in [0.4, 0.5) is 22.0 Å². The number of benzene rings is 2. The van der Waals surface area contributed by atoms with Gasteiger partial charge < -0.3 is 15.0 Å². The number of nitrogens with one attached hydrogen (secondary N) is 2. The molecule has 0 bridgehead atoms. The molecule has 2 N–H and O–H groups in total. The van der Waals surface area contributed by atoms with Gasteiger partial charge >= 0.3 is 0 Å². The van der Waals surface area contributed by atoms with Crippen molar-refractivity contribution >= 4 is 10.9 Å². The van der Waals surface area contributed by atoms with E-state index in [4.69, 9.17) is 4.74 Å². The van der Waals surface area contributed by atoms with Crippen LogP contribution in [0.15, 0.2) is 18.2 Å². The highest BCUT2D eigenvalue weighted by atomic mass is 19.2. The molecule has 8 heteroatoms. The molecule has 0 aliphatic carbocycles. The van der Waals surface area contributed by atoms with Crippen molar-refractivity contribution < 1.29 is 26.7 Å². The molecule has 1 aromatic heterocycles. The van der Waals surface area contributed by atoms with Crippen LogP contribution in [0.25, 0.3) is 10.9 Å². The summed E-state index contributed by atoms with van der Waals surface area (Å²) in [4.78, 5) is 3.46. The van der Waals surface area contributed by atoms with E-state index in [9.17, 15) is 22.0 Å². The topological polar surface area (TPSA) is 37.0 Å². The van der Waals surface area contributed by atoms with Crippen LogP contribution in [-0.4, -0.2) is 24.7 Å². The molecule has 0 radical (unpaired) electrons. The van der Waals surface area contributed by atoms with Crippen molar-refractivity contribution in [1.82, 2.24) is 10.3 Å². The number of H-pyrrole nitrogens is 1. The van der Waals surface area contributed by atoms with Gasteiger partial charge in [-0.1, -0.05) is 12.1 Å². The monoisotopic (exact) mass is 410 g/mol. The largest absolute Gasteiger partial charge is 0.487 e. The van der Waals surface area contributed by atoms with Crippen molar-refractivity contribution in [2.75, 3.05) is 19.7 Å². The Kier molecular flexibility index (Phi) is 5.45. The molecule has 0 saturated heterocycles. The minimum Gasteiger partial charge on any atom is -0.487 e. The number of halogens is 5. The Bertz CT molecular complexity index is 1030. The van der Waals surface area contributed by atoms with E-state index < -0.39 is 34.8 Å². The van der Waals surface area contributed by atoms with Crippen LogP contribution in [0.5, 0.6) is 5.75 Å². The van der Waals surface area contributed by atoms with Gasteiger partial charge in [0.05, 0.1) is 6.61 Å². The summed E-state index contributed by atoms with van der Waals surface area (Å²) in [7, 11) is 0. The lowest BCUT2D eigenvalue weighted by molar-refractivity contribution is 0.259. The summed E-state index contributed by atoms with van der Waals surface area (Å²) in [5, 5.41) is 4.50. The van der Waals surface area contributed by atoms with Gasteiger partial charge in [-0.2, -0.15) is 8.78 Å². The molecule has 0 amide bonds. The second kappa shape index (κ2) is 8.02. The molecule has 2 aromatic carbocycles. The predicted molar refractivity (Wildman–Crippen MR) is 98.6 cm³/mol. The normalized spacial score (nSPS) is 14.1. The fraction of sp³-hybridized carbons (Fsp3) is 0.333. The molecule has 0 unspecified atom stereocenters. The highest BCUT2D eigenvalue weighted by molar-refractivity contribution is 5.88. The van der Waals surface area contributed by atoms with Crippen LogP contribution < -0.4 is 10.1 Å². The van der Waals surface area contributed by atoms with E-state index >= 15 is 0 Å². The maximum Gasteiger partial charge on any atom is 0.206 e. The average Bonchev–Trinajstić information content (AvgIpc) is 2.92. The lowest BCUT2D eigenvalue weighted by atomic mass is 9.99. The zero-order chi connectivity index (χ0) is 20.5. The summed E-state index contributed by atoms with van der Waals surface area (Å²) in [5.41, 5.74) is 4.56. The van der Waals surface area contributed by atoms with E-state index in [0.717, 1.165) is 42.4 Å². The molecule has 0 atom stereocenters. The first-order valence-electron chi connectivity index (χ1n) is 9.45. The van der Waals surface area contributed by atoms with Crippen molar-refractivity contribution in [3.05, 3.63) is 64.1 Å². The maximum absolute atomic E-state index is 13.7. The Hall–Kier alpha value is -2.61. The zero-order valence-corrected chi connectivity index (χ0v) is 15.5. The maximum atomic E-state index is 13.7. The van der Waals surface area contributed by atoms with Gasteiger partial charge in [0.15, 0.2) is 5.75 Å². The summed E-state index contributed by atoms with van der Waals surface area (Å²) >= 11 is 0. The number of aromatic amines is 1. The molecule has 154 valence electrons. The molecule has 29 heavy (non-hydrogen) atoms. The number of hydrogen-bond acceptors (Lipinski definition) is 2. The minimum absolute atomic E-state index is 0.178. The third-order valence-electron chi connectivity index (χ3n) is 5.21.